The number of benzene rings is 1. The minimum atomic E-state index is 0.0892. The largest absolute Gasteiger partial charge is 0.350 e. The van der Waals surface area contributed by atoms with Crippen molar-refractivity contribution in [1.29, 1.82) is 0 Å². The van der Waals surface area contributed by atoms with Crippen LogP contribution >= 0.6 is 0 Å². The van der Waals surface area contributed by atoms with Crippen molar-refractivity contribution in [2.24, 2.45) is 11.8 Å². The number of carbonyl (C=O) groups excluding carboxylic acids is 1. The van der Waals surface area contributed by atoms with Crippen LogP contribution in [0.15, 0.2) is 36.8 Å². The van der Waals surface area contributed by atoms with Gasteiger partial charge in [-0.15, -0.1) is 0 Å². The molecule has 2 aromatic rings. The molecule has 1 aliphatic carbocycles. The van der Waals surface area contributed by atoms with Gasteiger partial charge in [-0.1, -0.05) is 38.1 Å². The monoisotopic (exact) mass is 311 g/mol. The highest BCUT2D eigenvalue weighted by molar-refractivity contribution is 5.79. The van der Waals surface area contributed by atoms with E-state index in [0.717, 1.165) is 31.5 Å². The van der Waals surface area contributed by atoms with E-state index in [2.05, 4.69) is 53.0 Å². The Morgan fingerprint density at radius 1 is 1.35 bits per heavy atom. The van der Waals surface area contributed by atoms with Crippen molar-refractivity contribution in [2.45, 2.75) is 46.2 Å². The minimum absolute atomic E-state index is 0.0892. The van der Waals surface area contributed by atoms with Gasteiger partial charge in [0.25, 0.3) is 0 Å². The summed E-state index contributed by atoms with van der Waals surface area (Å²) in [6, 6.07) is 8.46. The number of imidazole rings is 1. The number of aryl methyl sites for hydroxylation is 1. The quantitative estimate of drug-likeness (QED) is 0.923. The average Bonchev–Trinajstić information content (AvgIpc) is 2.98. The van der Waals surface area contributed by atoms with Crippen LogP contribution in [0.1, 0.15) is 37.1 Å². The fourth-order valence-electron chi connectivity index (χ4n) is 3.30. The van der Waals surface area contributed by atoms with Gasteiger partial charge in [-0.05, 0) is 36.3 Å². The van der Waals surface area contributed by atoms with Crippen LogP contribution in [0.5, 0.6) is 0 Å². The lowest BCUT2D eigenvalue weighted by Crippen LogP contribution is -2.34. The second-order valence-electron chi connectivity index (χ2n) is 6.86. The fraction of sp³-hybridized carbons (Fsp3) is 0.474. The number of carbonyl (C=O) groups is 1. The Bertz CT molecular complexity index is 675. The number of rotatable bonds is 5. The lowest BCUT2D eigenvalue weighted by Gasteiger charge is -2.24. The van der Waals surface area contributed by atoms with E-state index in [4.69, 9.17) is 0 Å². The summed E-state index contributed by atoms with van der Waals surface area (Å²) in [6.45, 7) is 5.86. The first kappa shape index (κ1) is 15.8. The van der Waals surface area contributed by atoms with Crippen LogP contribution in [-0.2, 0) is 30.7 Å². The van der Waals surface area contributed by atoms with Crippen molar-refractivity contribution in [3.63, 3.8) is 0 Å². The Balaban J connectivity index is 1.57. The molecule has 23 heavy (non-hydrogen) atoms. The van der Waals surface area contributed by atoms with Crippen molar-refractivity contribution < 1.29 is 4.79 Å². The zero-order chi connectivity index (χ0) is 16.2. The SMILES string of the molecule is CC(C)Cn1cncc1CNC(=O)C1CCc2ccccc2C1. The van der Waals surface area contributed by atoms with Gasteiger partial charge < -0.3 is 9.88 Å². The molecule has 3 rings (SSSR count). The van der Waals surface area contributed by atoms with Gasteiger partial charge in [0.15, 0.2) is 0 Å². The van der Waals surface area contributed by atoms with E-state index in [0.29, 0.717) is 12.5 Å². The highest BCUT2D eigenvalue weighted by atomic mass is 16.1. The number of nitrogens with zero attached hydrogens (tertiary/aromatic N) is 2. The molecule has 1 atom stereocenters. The molecule has 0 spiro atoms. The Morgan fingerprint density at radius 3 is 2.91 bits per heavy atom. The second kappa shape index (κ2) is 6.99. The third kappa shape index (κ3) is 3.81. The first-order valence-electron chi connectivity index (χ1n) is 8.47. The lowest BCUT2D eigenvalue weighted by atomic mass is 9.83. The maximum atomic E-state index is 12.5. The number of hydrogen-bond donors (Lipinski definition) is 1. The number of fused-ring (bicyclic) bond motifs is 1. The fourth-order valence-corrected chi connectivity index (χ4v) is 3.30. The molecule has 1 aliphatic rings. The van der Waals surface area contributed by atoms with Crippen LogP contribution in [-0.4, -0.2) is 15.5 Å². The average molecular weight is 311 g/mol. The van der Waals surface area contributed by atoms with Crippen molar-refractivity contribution in [3.8, 4) is 0 Å². The first-order chi connectivity index (χ1) is 11.1. The summed E-state index contributed by atoms with van der Waals surface area (Å²) in [5.41, 5.74) is 3.79. The third-order valence-electron chi connectivity index (χ3n) is 4.52. The van der Waals surface area contributed by atoms with E-state index in [1.165, 1.54) is 11.1 Å². The van der Waals surface area contributed by atoms with Crippen molar-refractivity contribution in [2.75, 3.05) is 0 Å². The maximum absolute atomic E-state index is 12.5. The number of aromatic nitrogens is 2. The predicted molar refractivity (Wildman–Crippen MR) is 90.9 cm³/mol. The molecular formula is C19H25N3O. The van der Waals surface area contributed by atoms with E-state index in [9.17, 15) is 4.79 Å². The molecule has 0 fully saturated rings. The van der Waals surface area contributed by atoms with Crippen LogP contribution < -0.4 is 5.32 Å². The summed E-state index contributed by atoms with van der Waals surface area (Å²) >= 11 is 0. The van der Waals surface area contributed by atoms with Crippen LogP contribution in [0, 0.1) is 11.8 Å². The molecule has 0 bridgehead atoms. The zero-order valence-electron chi connectivity index (χ0n) is 14.0. The second-order valence-corrected chi connectivity index (χ2v) is 6.86. The Kier molecular flexibility index (Phi) is 4.79. The molecule has 1 aromatic heterocycles. The van der Waals surface area contributed by atoms with Gasteiger partial charge in [0.05, 0.1) is 18.6 Å². The van der Waals surface area contributed by atoms with Crippen molar-refractivity contribution in [3.05, 3.63) is 53.6 Å². The molecule has 0 radical (unpaired) electrons. The molecule has 0 saturated carbocycles. The summed E-state index contributed by atoms with van der Waals surface area (Å²) in [5.74, 6) is 0.816. The van der Waals surface area contributed by atoms with Gasteiger partial charge in [0, 0.05) is 18.7 Å². The summed E-state index contributed by atoms with van der Waals surface area (Å²) in [4.78, 5) is 16.7. The van der Waals surface area contributed by atoms with Gasteiger partial charge in [-0.3, -0.25) is 4.79 Å². The van der Waals surface area contributed by atoms with Crippen LogP contribution in [0.2, 0.25) is 0 Å². The predicted octanol–water partition coefficient (Wildman–Crippen LogP) is 2.96. The topological polar surface area (TPSA) is 46.9 Å². The molecular weight excluding hydrogens is 286 g/mol. The van der Waals surface area contributed by atoms with Crippen LogP contribution in [0.4, 0.5) is 0 Å². The van der Waals surface area contributed by atoms with Crippen LogP contribution in [0.25, 0.3) is 0 Å². The number of nitrogens with one attached hydrogen (secondary N) is 1. The summed E-state index contributed by atoms with van der Waals surface area (Å²) < 4.78 is 2.13. The lowest BCUT2D eigenvalue weighted by molar-refractivity contribution is -0.125. The highest BCUT2D eigenvalue weighted by Gasteiger charge is 2.24. The molecule has 1 unspecified atom stereocenters. The third-order valence-corrected chi connectivity index (χ3v) is 4.52. The number of amides is 1. The minimum Gasteiger partial charge on any atom is -0.350 e. The molecule has 4 nitrogen and oxygen atoms in total. The van der Waals surface area contributed by atoms with Gasteiger partial charge in [-0.25, -0.2) is 4.98 Å². The molecule has 0 aliphatic heterocycles. The van der Waals surface area contributed by atoms with E-state index >= 15 is 0 Å². The smallest absolute Gasteiger partial charge is 0.223 e. The Hall–Kier alpha value is -2.10. The zero-order valence-corrected chi connectivity index (χ0v) is 14.0. The van der Waals surface area contributed by atoms with Crippen molar-refractivity contribution in [1.82, 2.24) is 14.9 Å². The van der Waals surface area contributed by atoms with Gasteiger partial charge in [0.1, 0.15) is 0 Å². The number of hydrogen-bond acceptors (Lipinski definition) is 2. The van der Waals surface area contributed by atoms with Gasteiger partial charge >= 0.3 is 0 Å². The van der Waals surface area contributed by atoms with E-state index < -0.39 is 0 Å². The highest BCUT2D eigenvalue weighted by Crippen LogP contribution is 2.25. The van der Waals surface area contributed by atoms with E-state index in [1.807, 2.05) is 12.5 Å². The molecule has 1 N–H and O–H groups in total. The van der Waals surface area contributed by atoms with Crippen LogP contribution in [0.3, 0.4) is 0 Å². The molecule has 4 heteroatoms. The Labute approximate surface area is 137 Å². The van der Waals surface area contributed by atoms with E-state index in [-0.39, 0.29) is 11.8 Å². The van der Waals surface area contributed by atoms with Crippen molar-refractivity contribution >= 4 is 5.91 Å². The first-order valence-corrected chi connectivity index (χ1v) is 8.47. The summed E-state index contributed by atoms with van der Waals surface area (Å²) in [5, 5.41) is 3.10. The maximum Gasteiger partial charge on any atom is 0.223 e. The molecule has 1 heterocycles. The molecule has 1 amide bonds. The Morgan fingerprint density at radius 2 is 2.13 bits per heavy atom. The summed E-state index contributed by atoms with van der Waals surface area (Å²) in [7, 11) is 0. The molecule has 1 aromatic carbocycles. The van der Waals surface area contributed by atoms with Gasteiger partial charge in [-0.2, -0.15) is 0 Å². The normalized spacial score (nSPS) is 17.1. The van der Waals surface area contributed by atoms with E-state index in [1.54, 1.807) is 0 Å². The molecule has 122 valence electrons. The summed E-state index contributed by atoms with van der Waals surface area (Å²) in [6.07, 6.45) is 6.48. The molecule has 0 saturated heterocycles. The standard InChI is InChI=1S/C19H25N3O/c1-14(2)12-22-13-20-10-18(22)11-21-19(23)17-8-7-15-5-3-4-6-16(15)9-17/h3-6,10,13-14,17H,7-9,11-12H2,1-2H3,(H,21,23). The van der Waals surface area contributed by atoms with Gasteiger partial charge in [0.2, 0.25) is 5.91 Å².